The lowest BCUT2D eigenvalue weighted by Gasteiger charge is -2.25. The fourth-order valence-corrected chi connectivity index (χ4v) is 1.26. The molecule has 0 bridgehead atoms. The molecule has 1 aliphatic rings. The molecule has 1 heterocycles. The van der Waals surface area contributed by atoms with Gasteiger partial charge in [0.2, 0.25) is 0 Å². The van der Waals surface area contributed by atoms with Crippen LogP contribution in [0.3, 0.4) is 0 Å². The Balaban J connectivity index is 2.30. The smallest absolute Gasteiger partial charge is 0.173 e. The van der Waals surface area contributed by atoms with E-state index >= 15 is 0 Å². The number of methoxy groups -OCH3 is 1. The molecular formula is C6H11ClO2. The molecule has 0 aromatic rings. The van der Waals surface area contributed by atoms with Gasteiger partial charge < -0.3 is 9.47 Å². The Bertz CT molecular complexity index is 87.1. The van der Waals surface area contributed by atoms with Crippen LogP contribution in [0.5, 0.6) is 0 Å². The second kappa shape index (κ2) is 3.40. The fourth-order valence-electron chi connectivity index (χ4n) is 0.934. The van der Waals surface area contributed by atoms with E-state index in [4.69, 9.17) is 21.1 Å². The molecule has 0 aromatic heterocycles. The number of halogens is 1. The molecule has 2 nitrogen and oxygen atoms in total. The largest absolute Gasteiger partial charge is 0.354 e. The highest BCUT2D eigenvalue weighted by Gasteiger charge is 2.22. The lowest BCUT2D eigenvalue weighted by Crippen LogP contribution is -2.31. The van der Waals surface area contributed by atoms with E-state index in [0.717, 1.165) is 19.4 Å². The first-order chi connectivity index (χ1) is 4.34. The van der Waals surface area contributed by atoms with Crippen molar-refractivity contribution < 1.29 is 9.47 Å². The van der Waals surface area contributed by atoms with Crippen molar-refractivity contribution in [1.82, 2.24) is 0 Å². The van der Waals surface area contributed by atoms with Crippen LogP contribution < -0.4 is 0 Å². The quantitative estimate of drug-likeness (QED) is 0.526. The Morgan fingerprint density at radius 1 is 1.67 bits per heavy atom. The van der Waals surface area contributed by atoms with Crippen LogP contribution in [-0.4, -0.2) is 25.4 Å². The predicted molar refractivity (Wildman–Crippen MR) is 35.6 cm³/mol. The van der Waals surface area contributed by atoms with Gasteiger partial charge in [0.25, 0.3) is 0 Å². The van der Waals surface area contributed by atoms with Gasteiger partial charge in [-0.15, -0.1) is 11.6 Å². The van der Waals surface area contributed by atoms with Crippen LogP contribution in [-0.2, 0) is 9.47 Å². The Labute approximate surface area is 60.1 Å². The van der Waals surface area contributed by atoms with E-state index in [1.165, 1.54) is 0 Å². The summed E-state index contributed by atoms with van der Waals surface area (Å²) in [4.78, 5) is 0. The first-order valence-electron chi connectivity index (χ1n) is 3.13. The number of hydrogen-bond donors (Lipinski definition) is 0. The first-order valence-corrected chi connectivity index (χ1v) is 3.56. The van der Waals surface area contributed by atoms with Gasteiger partial charge in [-0.1, -0.05) is 0 Å². The van der Waals surface area contributed by atoms with E-state index in [1.807, 2.05) is 0 Å². The minimum atomic E-state index is -0.180. The Hall–Kier alpha value is 0.210. The van der Waals surface area contributed by atoms with Crippen LogP contribution in [0.15, 0.2) is 0 Å². The molecule has 3 heteroatoms. The molecule has 0 saturated carbocycles. The molecule has 1 aliphatic heterocycles. The molecule has 0 N–H and O–H groups in total. The van der Waals surface area contributed by atoms with Crippen LogP contribution in [0.25, 0.3) is 0 Å². The second-order valence-corrected chi connectivity index (χ2v) is 2.69. The zero-order chi connectivity index (χ0) is 6.69. The molecule has 2 atom stereocenters. The average molecular weight is 151 g/mol. The molecule has 0 aromatic carbocycles. The first kappa shape index (κ1) is 7.32. The summed E-state index contributed by atoms with van der Waals surface area (Å²) in [5.41, 5.74) is 0. The molecule has 54 valence electrons. The van der Waals surface area contributed by atoms with Crippen LogP contribution in [0.4, 0.5) is 0 Å². The maximum absolute atomic E-state index is 5.83. The van der Waals surface area contributed by atoms with Gasteiger partial charge in [0.1, 0.15) is 0 Å². The van der Waals surface area contributed by atoms with Crippen molar-refractivity contribution in [3.8, 4) is 0 Å². The van der Waals surface area contributed by atoms with Crippen LogP contribution in [0, 0.1) is 0 Å². The van der Waals surface area contributed by atoms with Crippen molar-refractivity contribution in [3.63, 3.8) is 0 Å². The van der Waals surface area contributed by atoms with E-state index in [2.05, 4.69) is 0 Å². The van der Waals surface area contributed by atoms with E-state index in [0.29, 0.717) is 0 Å². The predicted octanol–water partition coefficient (Wildman–Crippen LogP) is 1.38. The minimum Gasteiger partial charge on any atom is -0.354 e. The Morgan fingerprint density at radius 3 is 2.89 bits per heavy atom. The van der Waals surface area contributed by atoms with Gasteiger partial charge in [-0.25, -0.2) is 0 Å². The normalized spacial score (nSPS) is 36.7. The highest BCUT2D eigenvalue weighted by Crippen LogP contribution is 2.19. The monoisotopic (exact) mass is 150 g/mol. The summed E-state index contributed by atoms with van der Waals surface area (Å²) in [6.45, 7) is 0.779. The third-order valence-electron chi connectivity index (χ3n) is 1.43. The number of alkyl halides is 1. The van der Waals surface area contributed by atoms with E-state index in [1.54, 1.807) is 7.11 Å². The minimum absolute atomic E-state index is 0.0451. The van der Waals surface area contributed by atoms with Gasteiger partial charge in [-0.2, -0.15) is 0 Å². The molecule has 1 saturated heterocycles. The highest BCUT2D eigenvalue weighted by molar-refractivity contribution is 6.20. The zero-order valence-corrected chi connectivity index (χ0v) is 6.23. The van der Waals surface area contributed by atoms with Crippen molar-refractivity contribution in [3.05, 3.63) is 0 Å². The molecule has 1 fully saturated rings. The molecule has 0 amide bonds. The number of hydrogen-bond acceptors (Lipinski definition) is 2. The summed E-state index contributed by atoms with van der Waals surface area (Å²) in [5.74, 6) is 0. The molecule has 0 aliphatic carbocycles. The summed E-state index contributed by atoms with van der Waals surface area (Å²) in [5, 5.41) is 0.0451. The summed E-state index contributed by atoms with van der Waals surface area (Å²) >= 11 is 5.83. The third-order valence-corrected chi connectivity index (χ3v) is 1.86. The molecule has 0 unspecified atom stereocenters. The zero-order valence-electron chi connectivity index (χ0n) is 5.47. The number of ether oxygens (including phenoxy) is 2. The van der Waals surface area contributed by atoms with Crippen LogP contribution in [0.1, 0.15) is 12.8 Å². The summed E-state index contributed by atoms with van der Waals surface area (Å²) in [7, 11) is 1.62. The van der Waals surface area contributed by atoms with Gasteiger partial charge >= 0.3 is 0 Å². The van der Waals surface area contributed by atoms with Crippen molar-refractivity contribution >= 4 is 11.6 Å². The van der Waals surface area contributed by atoms with Crippen molar-refractivity contribution in [2.24, 2.45) is 0 Å². The van der Waals surface area contributed by atoms with Crippen LogP contribution in [0.2, 0.25) is 0 Å². The van der Waals surface area contributed by atoms with Gasteiger partial charge in [0, 0.05) is 13.7 Å². The van der Waals surface area contributed by atoms with Crippen molar-refractivity contribution in [1.29, 1.82) is 0 Å². The molecule has 0 spiro atoms. The SMILES string of the molecule is CO[C@@H]1OCCC[C@H]1Cl. The van der Waals surface area contributed by atoms with E-state index in [-0.39, 0.29) is 11.7 Å². The maximum Gasteiger partial charge on any atom is 0.173 e. The third kappa shape index (κ3) is 1.81. The standard InChI is InChI=1S/C6H11ClO2/c1-8-6-5(7)3-2-4-9-6/h5-6H,2-4H2,1H3/t5-,6-/m1/s1. The summed E-state index contributed by atoms with van der Waals surface area (Å²) in [6, 6.07) is 0. The fraction of sp³-hybridized carbons (Fsp3) is 1.00. The van der Waals surface area contributed by atoms with Crippen LogP contribution >= 0.6 is 11.6 Å². The molecule has 9 heavy (non-hydrogen) atoms. The van der Waals surface area contributed by atoms with Gasteiger partial charge in [0.05, 0.1) is 5.38 Å². The topological polar surface area (TPSA) is 18.5 Å². The van der Waals surface area contributed by atoms with Crippen molar-refractivity contribution in [2.45, 2.75) is 24.5 Å². The maximum atomic E-state index is 5.83. The van der Waals surface area contributed by atoms with Gasteiger partial charge in [0.15, 0.2) is 6.29 Å². The molecule has 0 radical (unpaired) electrons. The highest BCUT2D eigenvalue weighted by atomic mass is 35.5. The molecular weight excluding hydrogens is 140 g/mol. The van der Waals surface area contributed by atoms with E-state index < -0.39 is 0 Å². The van der Waals surface area contributed by atoms with E-state index in [9.17, 15) is 0 Å². The second-order valence-electron chi connectivity index (χ2n) is 2.13. The summed E-state index contributed by atoms with van der Waals surface area (Å²) < 4.78 is 10.1. The summed E-state index contributed by atoms with van der Waals surface area (Å²) in [6.07, 6.45) is 1.87. The average Bonchev–Trinajstić information content (AvgIpc) is 1.89. The Morgan fingerprint density at radius 2 is 2.44 bits per heavy atom. The number of rotatable bonds is 1. The molecule has 1 rings (SSSR count). The van der Waals surface area contributed by atoms with Gasteiger partial charge in [-0.05, 0) is 12.8 Å². The lowest BCUT2D eigenvalue weighted by molar-refractivity contribution is -0.142. The lowest BCUT2D eigenvalue weighted by atomic mass is 10.2. The Kier molecular flexibility index (Phi) is 2.76. The van der Waals surface area contributed by atoms with Crippen molar-refractivity contribution in [2.75, 3.05) is 13.7 Å². The van der Waals surface area contributed by atoms with Gasteiger partial charge in [-0.3, -0.25) is 0 Å².